The zero-order valence-corrected chi connectivity index (χ0v) is 13.5. The first-order valence-corrected chi connectivity index (χ1v) is 9.19. The summed E-state index contributed by atoms with van der Waals surface area (Å²) in [6.07, 6.45) is 6.31. The van der Waals surface area contributed by atoms with Gasteiger partial charge in [0.1, 0.15) is 0 Å². The van der Waals surface area contributed by atoms with Gasteiger partial charge in [0.05, 0.1) is 6.26 Å². The summed E-state index contributed by atoms with van der Waals surface area (Å²) in [5.74, 6) is 0.560. The van der Waals surface area contributed by atoms with E-state index < -0.39 is 10.0 Å². The third kappa shape index (κ3) is 12.4. The zero-order valence-electron chi connectivity index (χ0n) is 12.7. The van der Waals surface area contributed by atoms with Crippen LogP contribution in [0, 0.1) is 5.92 Å². The van der Waals surface area contributed by atoms with E-state index in [1.54, 1.807) is 0 Å². The minimum Gasteiger partial charge on any atom is -0.356 e. The summed E-state index contributed by atoms with van der Waals surface area (Å²) in [4.78, 5) is 11.6. The first-order valence-electron chi connectivity index (χ1n) is 7.30. The van der Waals surface area contributed by atoms with Gasteiger partial charge in [-0.3, -0.25) is 4.79 Å². The van der Waals surface area contributed by atoms with Gasteiger partial charge in [0, 0.05) is 19.5 Å². The van der Waals surface area contributed by atoms with Gasteiger partial charge in [0.25, 0.3) is 0 Å². The lowest BCUT2D eigenvalue weighted by Crippen LogP contribution is -2.29. The van der Waals surface area contributed by atoms with E-state index in [4.69, 9.17) is 5.73 Å². The van der Waals surface area contributed by atoms with Crippen LogP contribution in [0.2, 0.25) is 0 Å². The highest BCUT2D eigenvalue weighted by Crippen LogP contribution is 2.16. The van der Waals surface area contributed by atoms with Gasteiger partial charge in [-0.25, -0.2) is 13.1 Å². The molecule has 0 rings (SSSR count). The van der Waals surface area contributed by atoms with Crippen LogP contribution >= 0.6 is 0 Å². The Bertz CT molecular complexity index is 352. The van der Waals surface area contributed by atoms with Crippen LogP contribution in [0.5, 0.6) is 0 Å². The predicted molar refractivity (Wildman–Crippen MR) is 81.8 cm³/mol. The fourth-order valence-electron chi connectivity index (χ4n) is 2.07. The van der Waals surface area contributed by atoms with Crippen molar-refractivity contribution in [2.24, 2.45) is 11.7 Å². The average Bonchev–Trinajstić information content (AvgIpc) is 2.34. The van der Waals surface area contributed by atoms with E-state index in [1.807, 2.05) is 0 Å². The van der Waals surface area contributed by atoms with Crippen molar-refractivity contribution in [2.45, 2.75) is 45.4 Å². The minimum absolute atomic E-state index is 0.0301. The van der Waals surface area contributed by atoms with E-state index in [9.17, 15) is 13.2 Å². The van der Waals surface area contributed by atoms with E-state index in [2.05, 4.69) is 17.0 Å². The third-order valence-electron chi connectivity index (χ3n) is 3.09. The molecule has 0 aromatic rings. The van der Waals surface area contributed by atoms with Crippen molar-refractivity contribution in [3.8, 4) is 0 Å². The number of nitrogens with two attached hydrogens (primary N) is 1. The van der Waals surface area contributed by atoms with Crippen molar-refractivity contribution < 1.29 is 13.2 Å². The monoisotopic (exact) mass is 307 g/mol. The van der Waals surface area contributed by atoms with Crippen molar-refractivity contribution in [1.82, 2.24) is 10.0 Å². The smallest absolute Gasteiger partial charge is 0.220 e. The number of hydrogen-bond acceptors (Lipinski definition) is 4. The molecule has 0 spiro atoms. The third-order valence-corrected chi connectivity index (χ3v) is 3.82. The van der Waals surface area contributed by atoms with Gasteiger partial charge >= 0.3 is 0 Å². The second-order valence-electron chi connectivity index (χ2n) is 5.14. The summed E-state index contributed by atoms with van der Waals surface area (Å²) in [6, 6.07) is 0. The zero-order chi connectivity index (χ0) is 15.4. The molecule has 120 valence electrons. The summed E-state index contributed by atoms with van der Waals surface area (Å²) in [5, 5.41) is 2.80. The van der Waals surface area contributed by atoms with Gasteiger partial charge in [-0.1, -0.05) is 19.8 Å². The largest absolute Gasteiger partial charge is 0.356 e. The molecule has 0 aliphatic carbocycles. The van der Waals surface area contributed by atoms with Crippen LogP contribution in [0.4, 0.5) is 0 Å². The second kappa shape index (κ2) is 11.0. The van der Waals surface area contributed by atoms with Crippen LogP contribution in [0.25, 0.3) is 0 Å². The molecule has 0 saturated carbocycles. The lowest BCUT2D eigenvalue weighted by atomic mass is 9.94. The number of nitrogens with one attached hydrogen (secondary N) is 2. The normalized spacial score (nSPS) is 13.2. The Morgan fingerprint density at radius 1 is 1.20 bits per heavy atom. The van der Waals surface area contributed by atoms with Gasteiger partial charge in [-0.15, -0.1) is 0 Å². The molecule has 4 N–H and O–H groups in total. The van der Waals surface area contributed by atoms with Gasteiger partial charge in [-0.05, 0) is 31.7 Å². The van der Waals surface area contributed by atoms with E-state index in [0.717, 1.165) is 31.9 Å². The van der Waals surface area contributed by atoms with Crippen molar-refractivity contribution in [3.05, 3.63) is 0 Å². The minimum atomic E-state index is -3.13. The molecule has 0 bridgehead atoms. The molecule has 1 amide bonds. The molecule has 0 aromatic heterocycles. The first-order chi connectivity index (χ1) is 9.39. The van der Waals surface area contributed by atoms with E-state index in [0.29, 0.717) is 38.4 Å². The SMILES string of the molecule is CCCC(CCN)CCC(=O)NCCCNS(C)(=O)=O. The number of sulfonamides is 1. The number of carbonyl (C=O) groups excluding carboxylic acids is 1. The molecular weight excluding hydrogens is 278 g/mol. The Morgan fingerprint density at radius 2 is 1.90 bits per heavy atom. The van der Waals surface area contributed by atoms with Crippen LogP contribution in [-0.4, -0.2) is 40.2 Å². The first kappa shape index (κ1) is 19.3. The highest BCUT2D eigenvalue weighted by Gasteiger charge is 2.09. The lowest BCUT2D eigenvalue weighted by Gasteiger charge is -2.14. The quantitative estimate of drug-likeness (QED) is 0.459. The number of hydrogen-bond donors (Lipinski definition) is 3. The van der Waals surface area contributed by atoms with Gasteiger partial charge in [0.2, 0.25) is 15.9 Å². The molecular formula is C13H29N3O3S. The van der Waals surface area contributed by atoms with Crippen LogP contribution in [0.3, 0.4) is 0 Å². The maximum Gasteiger partial charge on any atom is 0.220 e. The summed E-state index contributed by atoms with van der Waals surface area (Å²) < 4.78 is 24.0. The molecule has 0 radical (unpaired) electrons. The molecule has 0 aliphatic rings. The van der Waals surface area contributed by atoms with E-state index in [-0.39, 0.29) is 5.91 Å². The number of rotatable bonds is 12. The highest BCUT2D eigenvalue weighted by molar-refractivity contribution is 7.88. The molecule has 0 aliphatic heterocycles. The van der Waals surface area contributed by atoms with Crippen LogP contribution in [0.1, 0.15) is 45.4 Å². The summed E-state index contributed by atoms with van der Waals surface area (Å²) in [6.45, 7) is 3.66. The Balaban J connectivity index is 3.67. The maximum absolute atomic E-state index is 11.6. The Labute approximate surface area is 122 Å². The number of amides is 1. The Hall–Kier alpha value is -0.660. The topological polar surface area (TPSA) is 101 Å². The molecule has 6 nitrogen and oxygen atoms in total. The predicted octanol–water partition coefficient (Wildman–Crippen LogP) is 0.587. The average molecular weight is 307 g/mol. The fraction of sp³-hybridized carbons (Fsp3) is 0.923. The van der Waals surface area contributed by atoms with Crippen LogP contribution < -0.4 is 15.8 Å². The van der Waals surface area contributed by atoms with E-state index in [1.165, 1.54) is 0 Å². The molecule has 0 saturated heterocycles. The van der Waals surface area contributed by atoms with Crippen molar-refractivity contribution in [2.75, 3.05) is 25.9 Å². The standard InChI is InChI=1S/C13H29N3O3S/c1-3-5-12(8-9-14)6-7-13(17)15-10-4-11-16-20(2,18)19/h12,16H,3-11,14H2,1-2H3,(H,15,17). The molecule has 1 unspecified atom stereocenters. The summed E-state index contributed by atoms with van der Waals surface area (Å²) >= 11 is 0. The molecule has 20 heavy (non-hydrogen) atoms. The Morgan fingerprint density at radius 3 is 2.45 bits per heavy atom. The van der Waals surface area contributed by atoms with E-state index >= 15 is 0 Å². The second-order valence-corrected chi connectivity index (χ2v) is 6.97. The molecule has 0 fully saturated rings. The lowest BCUT2D eigenvalue weighted by molar-refractivity contribution is -0.121. The van der Waals surface area contributed by atoms with Crippen molar-refractivity contribution >= 4 is 15.9 Å². The van der Waals surface area contributed by atoms with Gasteiger partial charge < -0.3 is 11.1 Å². The molecule has 1 atom stereocenters. The summed E-state index contributed by atoms with van der Waals surface area (Å²) in [7, 11) is -3.13. The van der Waals surface area contributed by atoms with Crippen molar-refractivity contribution in [3.63, 3.8) is 0 Å². The maximum atomic E-state index is 11.6. The van der Waals surface area contributed by atoms with Crippen LogP contribution in [-0.2, 0) is 14.8 Å². The Kier molecular flexibility index (Phi) is 10.7. The highest BCUT2D eigenvalue weighted by atomic mass is 32.2. The molecule has 0 aromatic carbocycles. The molecule has 7 heteroatoms. The van der Waals surface area contributed by atoms with Gasteiger partial charge in [0.15, 0.2) is 0 Å². The fourth-order valence-corrected chi connectivity index (χ4v) is 2.59. The molecule has 0 heterocycles. The summed E-state index contributed by atoms with van der Waals surface area (Å²) in [5.41, 5.74) is 5.56. The van der Waals surface area contributed by atoms with Crippen molar-refractivity contribution in [1.29, 1.82) is 0 Å². The number of carbonyl (C=O) groups is 1. The van der Waals surface area contributed by atoms with Gasteiger partial charge in [-0.2, -0.15) is 0 Å². The van der Waals surface area contributed by atoms with Crippen LogP contribution in [0.15, 0.2) is 0 Å².